The molecule has 3 N–H and O–H groups in total. The molecule has 1 aromatic carbocycles. The van der Waals surface area contributed by atoms with Gasteiger partial charge in [0, 0.05) is 17.9 Å². The SMILES string of the molecule is Cc1nn(C)c(CC(NN)c2ccc(Cl)c(Br)c2)c1Br. The maximum absolute atomic E-state index is 6.02. The molecule has 0 aliphatic carbocycles. The van der Waals surface area contributed by atoms with Crippen molar-refractivity contribution in [3.8, 4) is 0 Å². The molecule has 0 aliphatic heterocycles. The van der Waals surface area contributed by atoms with Crippen LogP contribution >= 0.6 is 43.5 Å². The van der Waals surface area contributed by atoms with Crippen LogP contribution in [-0.2, 0) is 13.5 Å². The van der Waals surface area contributed by atoms with Crippen molar-refractivity contribution < 1.29 is 0 Å². The molecule has 0 amide bonds. The Hall–Kier alpha value is -0.400. The molecular formula is C13H15Br2ClN4. The van der Waals surface area contributed by atoms with Crippen LogP contribution in [0.4, 0.5) is 0 Å². The fourth-order valence-electron chi connectivity index (χ4n) is 2.10. The first-order valence-electron chi connectivity index (χ1n) is 6.03. The fourth-order valence-corrected chi connectivity index (χ4v) is 3.11. The number of nitrogens with one attached hydrogen (secondary N) is 1. The monoisotopic (exact) mass is 420 g/mol. The zero-order valence-electron chi connectivity index (χ0n) is 11.1. The minimum atomic E-state index is -0.0188. The lowest BCUT2D eigenvalue weighted by Gasteiger charge is -2.17. The summed E-state index contributed by atoms with van der Waals surface area (Å²) in [4.78, 5) is 0. The Bertz CT molecular complexity index is 627. The molecule has 0 radical (unpaired) electrons. The molecule has 0 fully saturated rings. The van der Waals surface area contributed by atoms with Gasteiger partial charge in [0.15, 0.2) is 0 Å². The molecule has 7 heteroatoms. The Kier molecular flexibility index (Phi) is 5.25. The average molecular weight is 423 g/mol. The van der Waals surface area contributed by atoms with Crippen LogP contribution in [0.5, 0.6) is 0 Å². The molecule has 108 valence electrons. The Morgan fingerprint density at radius 3 is 2.65 bits per heavy atom. The van der Waals surface area contributed by atoms with Crippen LogP contribution in [0.15, 0.2) is 27.1 Å². The largest absolute Gasteiger partial charge is 0.271 e. The van der Waals surface area contributed by atoms with Gasteiger partial charge >= 0.3 is 0 Å². The van der Waals surface area contributed by atoms with E-state index in [1.54, 1.807) is 0 Å². The summed E-state index contributed by atoms with van der Waals surface area (Å²) in [5.41, 5.74) is 5.98. The van der Waals surface area contributed by atoms with Crippen molar-refractivity contribution >= 4 is 43.5 Å². The Morgan fingerprint density at radius 1 is 1.45 bits per heavy atom. The molecule has 1 atom stereocenters. The second kappa shape index (κ2) is 6.58. The van der Waals surface area contributed by atoms with Crippen molar-refractivity contribution in [1.29, 1.82) is 0 Å². The minimum Gasteiger partial charge on any atom is -0.271 e. The Labute approximate surface area is 139 Å². The van der Waals surface area contributed by atoms with Gasteiger partial charge in [0.2, 0.25) is 0 Å². The van der Waals surface area contributed by atoms with E-state index in [9.17, 15) is 0 Å². The number of benzene rings is 1. The van der Waals surface area contributed by atoms with Gasteiger partial charge in [-0.3, -0.25) is 16.0 Å². The van der Waals surface area contributed by atoms with Crippen molar-refractivity contribution in [3.63, 3.8) is 0 Å². The second-order valence-corrected chi connectivity index (χ2v) is 6.62. The van der Waals surface area contributed by atoms with Gasteiger partial charge in [-0.15, -0.1) is 0 Å². The molecule has 0 saturated carbocycles. The average Bonchev–Trinajstić information content (AvgIpc) is 2.65. The number of nitrogens with zero attached hydrogens (tertiary/aromatic N) is 2. The lowest BCUT2D eigenvalue weighted by molar-refractivity contribution is 0.529. The van der Waals surface area contributed by atoms with Gasteiger partial charge in [-0.2, -0.15) is 5.10 Å². The third-order valence-electron chi connectivity index (χ3n) is 3.21. The van der Waals surface area contributed by atoms with Crippen LogP contribution in [-0.4, -0.2) is 9.78 Å². The van der Waals surface area contributed by atoms with Gasteiger partial charge in [0.05, 0.1) is 26.9 Å². The number of hydrazine groups is 1. The van der Waals surface area contributed by atoms with Crippen molar-refractivity contribution in [3.05, 3.63) is 49.1 Å². The fraction of sp³-hybridized carbons (Fsp3) is 0.308. The van der Waals surface area contributed by atoms with Gasteiger partial charge < -0.3 is 0 Å². The zero-order valence-corrected chi connectivity index (χ0v) is 15.1. The molecule has 2 rings (SSSR count). The first kappa shape index (κ1) is 16.0. The highest BCUT2D eigenvalue weighted by Crippen LogP contribution is 2.29. The van der Waals surface area contributed by atoms with Gasteiger partial charge in [0.25, 0.3) is 0 Å². The van der Waals surface area contributed by atoms with Crippen LogP contribution < -0.4 is 11.3 Å². The smallest absolute Gasteiger partial charge is 0.0738 e. The van der Waals surface area contributed by atoms with Crippen LogP contribution in [0.3, 0.4) is 0 Å². The summed E-state index contributed by atoms with van der Waals surface area (Å²) in [5, 5.41) is 5.08. The first-order valence-corrected chi connectivity index (χ1v) is 7.99. The second-order valence-electron chi connectivity index (χ2n) is 4.57. The van der Waals surface area contributed by atoms with Crippen LogP contribution in [0.2, 0.25) is 5.02 Å². The molecule has 0 spiro atoms. The summed E-state index contributed by atoms with van der Waals surface area (Å²) in [7, 11) is 1.93. The molecular weight excluding hydrogens is 407 g/mol. The van der Waals surface area contributed by atoms with Crippen LogP contribution in [0.1, 0.15) is 23.0 Å². The molecule has 4 nitrogen and oxygen atoms in total. The highest BCUT2D eigenvalue weighted by molar-refractivity contribution is 9.10. The summed E-state index contributed by atoms with van der Waals surface area (Å²) in [6.45, 7) is 1.97. The van der Waals surface area contributed by atoms with Crippen LogP contribution in [0, 0.1) is 6.92 Å². The van der Waals surface area contributed by atoms with E-state index in [4.69, 9.17) is 17.4 Å². The number of aromatic nitrogens is 2. The van der Waals surface area contributed by atoms with Gasteiger partial charge in [0.1, 0.15) is 0 Å². The highest BCUT2D eigenvalue weighted by Gasteiger charge is 2.18. The van der Waals surface area contributed by atoms with Crippen molar-refractivity contribution in [2.45, 2.75) is 19.4 Å². The number of halogens is 3. The predicted octanol–water partition coefficient (Wildman–Crippen LogP) is 3.65. The van der Waals surface area contributed by atoms with E-state index in [1.165, 1.54) is 0 Å². The van der Waals surface area contributed by atoms with E-state index < -0.39 is 0 Å². The van der Waals surface area contributed by atoms with Crippen molar-refractivity contribution in [2.24, 2.45) is 12.9 Å². The summed E-state index contributed by atoms with van der Waals surface area (Å²) in [5.74, 6) is 5.70. The molecule has 1 heterocycles. The first-order chi connectivity index (χ1) is 9.43. The minimum absolute atomic E-state index is 0.0188. The molecule has 0 aliphatic rings. The lowest BCUT2D eigenvalue weighted by Crippen LogP contribution is -2.30. The maximum Gasteiger partial charge on any atom is 0.0738 e. The Morgan fingerprint density at radius 2 is 2.15 bits per heavy atom. The van der Waals surface area contributed by atoms with E-state index in [-0.39, 0.29) is 6.04 Å². The third-order valence-corrected chi connectivity index (χ3v) is 5.45. The quantitative estimate of drug-likeness (QED) is 0.584. The summed E-state index contributed by atoms with van der Waals surface area (Å²) in [6, 6.07) is 5.78. The lowest BCUT2D eigenvalue weighted by atomic mass is 10.0. The highest BCUT2D eigenvalue weighted by atomic mass is 79.9. The normalized spacial score (nSPS) is 12.7. The number of hydrogen-bond donors (Lipinski definition) is 2. The zero-order chi connectivity index (χ0) is 14.9. The summed E-state index contributed by atoms with van der Waals surface area (Å²) in [6.07, 6.45) is 0.725. The summed E-state index contributed by atoms with van der Waals surface area (Å²) < 4.78 is 3.75. The number of rotatable bonds is 4. The molecule has 1 unspecified atom stereocenters. The van der Waals surface area contributed by atoms with Gasteiger partial charge in [-0.25, -0.2) is 0 Å². The van der Waals surface area contributed by atoms with E-state index in [2.05, 4.69) is 42.4 Å². The Balaban J connectivity index is 2.31. The molecule has 1 aromatic heterocycles. The number of hydrogen-bond acceptors (Lipinski definition) is 3. The van der Waals surface area contributed by atoms with Gasteiger partial charge in [-0.05, 0) is 56.5 Å². The molecule has 2 aromatic rings. The van der Waals surface area contributed by atoms with E-state index in [0.29, 0.717) is 5.02 Å². The van der Waals surface area contributed by atoms with Crippen LogP contribution in [0.25, 0.3) is 0 Å². The maximum atomic E-state index is 6.02. The standard InChI is InChI=1S/C13H15Br2ClN4/c1-7-13(15)12(20(2)19-7)6-11(18-17)8-3-4-10(16)9(14)5-8/h3-5,11,18H,6,17H2,1-2H3. The number of aryl methyl sites for hydroxylation is 2. The summed E-state index contributed by atoms with van der Waals surface area (Å²) >= 11 is 13.0. The van der Waals surface area contributed by atoms with Crippen molar-refractivity contribution in [1.82, 2.24) is 15.2 Å². The third kappa shape index (κ3) is 3.26. The topological polar surface area (TPSA) is 55.9 Å². The number of nitrogens with two attached hydrogens (primary N) is 1. The van der Waals surface area contributed by atoms with Gasteiger partial charge in [-0.1, -0.05) is 17.7 Å². The van der Waals surface area contributed by atoms with Crippen molar-refractivity contribution in [2.75, 3.05) is 0 Å². The molecule has 0 saturated heterocycles. The predicted molar refractivity (Wildman–Crippen MR) is 88.6 cm³/mol. The molecule has 0 bridgehead atoms. The van der Waals surface area contributed by atoms with E-state index >= 15 is 0 Å². The van der Waals surface area contributed by atoms with E-state index in [1.807, 2.05) is 36.9 Å². The van der Waals surface area contributed by atoms with E-state index in [0.717, 1.165) is 32.3 Å². The molecule has 20 heavy (non-hydrogen) atoms.